The topological polar surface area (TPSA) is 27.1 Å². The molecule has 3 nitrogen and oxygen atoms in total. The summed E-state index contributed by atoms with van der Waals surface area (Å²) in [6.07, 6.45) is 0. The van der Waals surface area contributed by atoms with Crippen molar-refractivity contribution >= 4 is 39.1 Å². The molecular weight excluding hydrogens is 358 g/mol. The molecule has 0 N–H and O–H groups in total. The Hall–Kier alpha value is -0.780. The Balaban J connectivity index is 2.21. The summed E-state index contributed by atoms with van der Waals surface area (Å²) in [6, 6.07) is 2.68. The lowest BCUT2D eigenvalue weighted by molar-refractivity contribution is 0.302. The van der Waals surface area contributed by atoms with Crippen molar-refractivity contribution < 1.29 is 9.13 Å². The molecule has 0 unspecified atom stereocenters. The molecule has 0 saturated carbocycles. The highest BCUT2D eigenvalue weighted by atomic mass is 79.9. The lowest BCUT2D eigenvalue weighted by Crippen LogP contribution is -1.98. The number of hydrogen-bond acceptors (Lipinski definition) is 2. The maximum Gasteiger partial charge on any atom is 0.145 e. The number of ether oxygens (including phenoxy) is 1. The van der Waals surface area contributed by atoms with Crippen molar-refractivity contribution in [1.29, 1.82) is 0 Å². The van der Waals surface area contributed by atoms with E-state index in [2.05, 4.69) is 21.0 Å². The van der Waals surface area contributed by atoms with Crippen molar-refractivity contribution in [2.75, 3.05) is 0 Å². The highest BCUT2D eigenvalue weighted by molar-refractivity contribution is 9.10. The fourth-order valence-corrected chi connectivity index (χ4v) is 2.59. The summed E-state index contributed by atoms with van der Waals surface area (Å²) in [4.78, 5) is 0. The van der Waals surface area contributed by atoms with Crippen molar-refractivity contribution in [3.05, 3.63) is 43.9 Å². The first-order valence-electron chi connectivity index (χ1n) is 5.35. The van der Waals surface area contributed by atoms with Gasteiger partial charge in [0.05, 0.1) is 15.2 Å². The first-order chi connectivity index (χ1) is 8.90. The molecule has 2 aromatic rings. The average Bonchev–Trinajstić information content (AvgIpc) is 2.57. The monoisotopic (exact) mass is 366 g/mol. The lowest BCUT2D eigenvalue weighted by Gasteiger charge is -2.09. The Morgan fingerprint density at radius 1 is 1.42 bits per heavy atom. The molecule has 0 spiro atoms. The van der Waals surface area contributed by atoms with Gasteiger partial charge < -0.3 is 4.74 Å². The largest absolute Gasteiger partial charge is 0.487 e. The molecule has 0 aliphatic carbocycles. The summed E-state index contributed by atoms with van der Waals surface area (Å²) in [6.45, 7) is 2.04. The van der Waals surface area contributed by atoms with Crippen LogP contribution in [0.4, 0.5) is 4.39 Å². The van der Waals surface area contributed by atoms with Crippen LogP contribution in [0.2, 0.25) is 10.2 Å². The van der Waals surface area contributed by atoms with Crippen molar-refractivity contribution in [3.63, 3.8) is 0 Å². The molecule has 0 amide bonds. The number of benzene rings is 1. The first kappa shape index (κ1) is 14.6. The van der Waals surface area contributed by atoms with E-state index in [9.17, 15) is 4.39 Å². The van der Waals surface area contributed by atoms with E-state index in [-0.39, 0.29) is 11.6 Å². The minimum Gasteiger partial charge on any atom is -0.487 e. The molecule has 102 valence electrons. The first-order valence-corrected chi connectivity index (χ1v) is 6.90. The van der Waals surface area contributed by atoms with Crippen LogP contribution in [-0.4, -0.2) is 9.78 Å². The molecule has 2 rings (SSSR count). The fourth-order valence-electron chi connectivity index (χ4n) is 1.60. The summed E-state index contributed by atoms with van der Waals surface area (Å²) in [7, 11) is 1.75. The molecule has 0 saturated heterocycles. The summed E-state index contributed by atoms with van der Waals surface area (Å²) < 4.78 is 21.1. The van der Waals surface area contributed by atoms with E-state index in [1.165, 1.54) is 12.1 Å². The van der Waals surface area contributed by atoms with Crippen molar-refractivity contribution in [2.45, 2.75) is 13.5 Å². The van der Waals surface area contributed by atoms with Crippen LogP contribution in [0.25, 0.3) is 0 Å². The van der Waals surface area contributed by atoms with Crippen LogP contribution in [0.3, 0.4) is 0 Å². The van der Waals surface area contributed by atoms with Gasteiger partial charge in [-0.25, -0.2) is 4.39 Å². The Kier molecular flexibility index (Phi) is 4.38. The van der Waals surface area contributed by atoms with Gasteiger partial charge in [0.1, 0.15) is 23.3 Å². The molecular formula is C12H10BrCl2FN2O. The van der Waals surface area contributed by atoms with Crippen LogP contribution >= 0.6 is 39.1 Å². The second kappa shape index (κ2) is 5.69. The van der Waals surface area contributed by atoms with E-state index < -0.39 is 5.82 Å². The van der Waals surface area contributed by atoms with Gasteiger partial charge in [-0.2, -0.15) is 5.10 Å². The van der Waals surface area contributed by atoms with E-state index in [0.717, 1.165) is 11.3 Å². The summed E-state index contributed by atoms with van der Waals surface area (Å²) in [5.74, 6) is -0.171. The average molecular weight is 368 g/mol. The summed E-state index contributed by atoms with van der Waals surface area (Å²) in [5.41, 5.74) is 1.55. The molecule has 0 aliphatic rings. The molecule has 1 aromatic heterocycles. The van der Waals surface area contributed by atoms with Gasteiger partial charge in [-0.1, -0.05) is 23.2 Å². The Morgan fingerprint density at radius 3 is 2.68 bits per heavy atom. The third-order valence-corrected chi connectivity index (χ3v) is 4.00. The number of rotatable bonds is 3. The highest BCUT2D eigenvalue weighted by Crippen LogP contribution is 2.31. The van der Waals surface area contributed by atoms with E-state index in [1.807, 2.05) is 6.92 Å². The number of halogens is 4. The normalized spacial score (nSPS) is 10.8. The van der Waals surface area contributed by atoms with Gasteiger partial charge >= 0.3 is 0 Å². The Bertz CT molecular complexity index is 631. The van der Waals surface area contributed by atoms with E-state index in [4.69, 9.17) is 27.9 Å². The SMILES string of the molecule is Cc1nn(C)c(Cl)c1COc1cc(F)c(Cl)cc1Br. The van der Waals surface area contributed by atoms with Gasteiger partial charge in [0, 0.05) is 18.7 Å². The molecule has 1 heterocycles. The van der Waals surface area contributed by atoms with Gasteiger partial charge in [0.15, 0.2) is 0 Å². The molecule has 1 aromatic carbocycles. The zero-order valence-corrected chi connectivity index (χ0v) is 13.3. The highest BCUT2D eigenvalue weighted by Gasteiger charge is 2.13. The van der Waals surface area contributed by atoms with Crippen molar-refractivity contribution in [3.8, 4) is 5.75 Å². The number of nitrogens with zero attached hydrogens (tertiary/aromatic N) is 2. The van der Waals surface area contributed by atoms with Crippen LogP contribution in [0, 0.1) is 12.7 Å². The van der Waals surface area contributed by atoms with Gasteiger partial charge in [0.25, 0.3) is 0 Å². The van der Waals surface area contributed by atoms with Gasteiger partial charge in [0.2, 0.25) is 0 Å². The number of hydrogen-bond donors (Lipinski definition) is 0. The van der Waals surface area contributed by atoms with Crippen molar-refractivity contribution in [2.24, 2.45) is 7.05 Å². The van der Waals surface area contributed by atoms with Crippen LogP contribution < -0.4 is 4.74 Å². The molecule has 0 atom stereocenters. The third-order valence-electron chi connectivity index (χ3n) is 2.62. The van der Waals surface area contributed by atoms with Gasteiger partial charge in [-0.3, -0.25) is 4.68 Å². The molecule has 7 heteroatoms. The van der Waals surface area contributed by atoms with E-state index in [0.29, 0.717) is 15.4 Å². The smallest absolute Gasteiger partial charge is 0.145 e. The van der Waals surface area contributed by atoms with Crippen molar-refractivity contribution in [1.82, 2.24) is 9.78 Å². The maximum absolute atomic E-state index is 13.4. The molecule has 0 radical (unpaired) electrons. The van der Waals surface area contributed by atoms with E-state index in [1.54, 1.807) is 11.7 Å². The molecule has 0 aliphatic heterocycles. The number of aromatic nitrogens is 2. The second-order valence-electron chi connectivity index (χ2n) is 3.96. The maximum atomic E-state index is 13.4. The lowest BCUT2D eigenvalue weighted by atomic mass is 10.3. The summed E-state index contributed by atoms with van der Waals surface area (Å²) in [5, 5.41) is 4.71. The zero-order chi connectivity index (χ0) is 14.2. The quantitative estimate of drug-likeness (QED) is 0.746. The zero-order valence-electron chi connectivity index (χ0n) is 10.2. The standard InChI is InChI=1S/C12H10BrCl2FN2O/c1-6-7(12(15)18(2)17-6)5-19-11-4-10(16)9(14)3-8(11)13/h3-4H,5H2,1-2H3. The van der Waals surface area contributed by atoms with Gasteiger partial charge in [-0.05, 0) is 28.9 Å². The molecule has 0 fully saturated rings. The minimum absolute atomic E-state index is 0.0369. The molecule has 19 heavy (non-hydrogen) atoms. The Labute approximate surface area is 128 Å². The predicted octanol–water partition coefficient (Wildman–Crippen LogP) is 4.52. The molecule has 0 bridgehead atoms. The van der Waals surface area contributed by atoms with E-state index >= 15 is 0 Å². The second-order valence-corrected chi connectivity index (χ2v) is 5.58. The number of aryl methyl sites for hydroxylation is 2. The predicted molar refractivity (Wildman–Crippen MR) is 76.4 cm³/mol. The minimum atomic E-state index is -0.533. The third kappa shape index (κ3) is 3.04. The van der Waals surface area contributed by atoms with Crippen LogP contribution in [0.15, 0.2) is 16.6 Å². The van der Waals surface area contributed by atoms with Crippen LogP contribution in [0.1, 0.15) is 11.3 Å². The van der Waals surface area contributed by atoms with Gasteiger partial charge in [-0.15, -0.1) is 0 Å². The summed E-state index contributed by atoms with van der Waals surface area (Å²) >= 11 is 15.0. The van der Waals surface area contributed by atoms with Crippen LogP contribution in [-0.2, 0) is 13.7 Å². The fraction of sp³-hybridized carbons (Fsp3) is 0.250. The Morgan fingerprint density at radius 2 is 2.11 bits per heavy atom. The van der Waals surface area contributed by atoms with Crippen LogP contribution in [0.5, 0.6) is 5.75 Å².